The number of amides is 1. The Balaban J connectivity index is 1.84. The molecule has 0 bridgehead atoms. The Morgan fingerprint density at radius 1 is 1.10 bits per heavy atom. The van der Waals surface area contributed by atoms with Crippen molar-refractivity contribution in [1.29, 1.82) is 0 Å². The van der Waals surface area contributed by atoms with Gasteiger partial charge in [0.05, 0.1) is 0 Å². The quantitative estimate of drug-likeness (QED) is 0.822. The van der Waals surface area contributed by atoms with Crippen LogP contribution >= 0.6 is 0 Å². The zero-order chi connectivity index (χ0) is 14.9. The normalized spacial score (nSPS) is 10.1. The number of rotatable bonds is 7. The SMILES string of the molecule is O=C(COc1ccccc1)Nc1cccc(CCCO)c1. The molecule has 0 aromatic heterocycles. The third-order valence-corrected chi connectivity index (χ3v) is 2.95. The van der Waals surface area contributed by atoms with Crippen LogP contribution in [0.25, 0.3) is 0 Å². The summed E-state index contributed by atoms with van der Waals surface area (Å²) in [6, 6.07) is 16.8. The summed E-state index contributed by atoms with van der Waals surface area (Å²) in [4.78, 5) is 11.8. The first kappa shape index (κ1) is 15.1. The predicted octanol–water partition coefficient (Wildman–Crippen LogP) is 2.63. The lowest BCUT2D eigenvalue weighted by Gasteiger charge is -2.08. The van der Waals surface area contributed by atoms with E-state index >= 15 is 0 Å². The van der Waals surface area contributed by atoms with Crippen LogP contribution in [-0.4, -0.2) is 24.2 Å². The molecule has 0 radical (unpaired) electrons. The number of aryl methyl sites for hydroxylation is 1. The van der Waals surface area contributed by atoms with E-state index in [1.54, 1.807) is 0 Å². The van der Waals surface area contributed by atoms with Gasteiger partial charge in [-0.15, -0.1) is 0 Å². The summed E-state index contributed by atoms with van der Waals surface area (Å²) in [5.41, 5.74) is 1.83. The van der Waals surface area contributed by atoms with Crippen LogP contribution in [0.2, 0.25) is 0 Å². The van der Waals surface area contributed by atoms with Gasteiger partial charge in [-0.25, -0.2) is 0 Å². The van der Waals surface area contributed by atoms with Crippen LogP contribution in [0.4, 0.5) is 5.69 Å². The highest BCUT2D eigenvalue weighted by molar-refractivity contribution is 5.91. The molecule has 2 N–H and O–H groups in total. The lowest BCUT2D eigenvalue weighted by atomic mass is 10.1. The number of benzene rings is 2. The molecule has 4 heteroatoms. The first-order chi connectivity index (χ1) is 10.3. The third kappa shape index (κ3) is 5.28. The molecule has 4 nitrogen and oxygen atoms in total. The van der Waals surface area contributed by atoms with Crippen LogP contribution in [0, 0.1) is 0 Å². The van der Waals surface area contributed by atoms with Crippen LogP contribution < -0.4 is 10.1 Å². The largest absolute Gasteiger partial charge is 0.484 e. The molecule has 0 heterocycles. The highest BCUT2D eigenvalue weighted by Gasteiger charge is 2.04. The van der Waals surface area contributed by atoms with Crippen molar-refractivity contribution in [3.63, 3.8) is 0 Å². The van der Waals surface area contributed by atoms with Gasteiger partial charge >= 0.3 is 0 Å². The van der Waals surface area contributed by atoms with Crippen LogP contribution in [0.5, 0.6) is 5.75 Å². The van der Waals surface area contributed by atoms with Crippen molar-refractivity contribution in [2.24, 2.45) is 0 Å². The van der Waals surface area contributed by atoms with Crippen molar-refractivity contribution in [3.8, 4) is 5.75 Å². The standard InChI is InChI=1S/C17H19NO3/c19-11-5-7-14-6-4-8-15(12-14)18-17(20)13-21-16-9-2-1-3-10-16/h1-4,6,8-10,12,19H,5,7,11,13H2,(H,18,20). The van der Waals surface area contributed by atoms with Gasteiger partial charge < -0.3 is 15.2 Å². The number of para-hydroxylation sites is 1. The second kappa shape index (κ2) is 8.07. The number of hydrogen-bond donors (Lipinski definition) is 2. The number of carbonyl (C=O) groups excluding carboxylic acids is 1. The lowest BCUT2D eigenvalue weighted by molar-refractivity contribution is -0.118. The van der Waals surface area contributed by atoms with Crippen molar-refractivity contribution < 1.29 is 14.6 Å². The molecular weight excluding hydrogens is 266 g/mol. The Morgan fingerprint density at radius 2 is 1.90 bits per heavy atom. The molecular formula is C17H19NO3. The van der Waals surface area contributed by atoms with E-state index < -0.39 is 0 Å². The van der Waals surface area contributed by atoms with Crippen LogP contribution in [0.1, 0.15) is 12.0 Å². The number of nitrogens with one attached hydrogen (secondary N) is 1. The van der Waals surface area contributed by atoms with E-state index in [0.717, 1.165) is 17.7 Å². The zero-order valence-corrected chi connectivity index (χ0v) is 11.8. The van der Waals surface area contributed by atoms with E-state index in [9.17, 15) is 4.79 Å². The fourth-order valence-corrected chi connectivity index (χ4v) is 1.95. The Labute approximate surface area is 124 Å². The van der Waals surface area contributed by atoms with Gasteiger partial charge in [0.1, 0.15) is 5.75 Å². The third-order valence-electron chi connectivity index (χ3n) is 2.95. The van der Waals surface area contributed by atoms with E-state index in [1.807, 2.05) is 54.6 Å². The first-order valence-electron chi connectivity index (χ1n) is 6.95. The van der Waals surface area contributed by atoms with E-state index in [0.29, 0.717) is 12.2 Å². The maximum absolute atomic E-state index is 11.8. The average Bonchev–Trinajstić information content (AvgIpc) is 2.52. The van der Waals surface area contributed by atoms with Gasteiger partial charge in [-0.1, -0.05) is 30.3 Å². The van der Waals surface area contributed by atoms with Gasteiger partial charge in [-0.2, -0.15) is 0 Å². The topological polar surface area (TPSA) is 58.6 Å². The smallest absolute Gasteiger partial charge is 0.262 e. The van der Waals surface area contributed by atoms with E-state index in [4.69, 9.17) is 9.84 Å². The van der Waals surface area contributed by atoms with Crippen molar-refractivity contribution in [2.75, 3.05) is 18.5 Å². The minimum atomic E-state index is -0.196. The molecule has 2 rings (SSSR count). The summed E-state index contributed by atoms with van der Waals surface area (Å²) in [7, 11) is 0. The highest BCUT2D eigenvalue weighted by Crippen LogP contribution is 2.13. The van der Waals surface area contributed by atoms with Crippen molar-refractivity contribution in [2.45, 2.75) is 12.8 Å². The fraction of sp³-hybridized carbons (Fsp3) is 0.235. The molecule has 0 saturated carbocycles. The van der Waals surface area contributed by atoms with Gasteiger partial charge in [0, 0.05) is 12.3 Å². The minimum Gasteiger partial charge on any atom is -0.484 e. The highest BCUT2D eigenvalue weighted by atomic mass is 16.5. The summed E-state index contributed by atoms with van der Waals surface area (Å²) in [5.74, 6) is 0.475. The maximum atomic E-state index is 11.8. The molecule has 2 aromatic carbocycles. The summed E-state index contributed by atoms with van der Waals surface area (Å²) >= 11 is 0. The second-order valence-electron chi connectivity index (χ2n) is 4.68. The monoisotopic (exact) mass is 285 g/mol. The Bertz CT molecular complexity index is 569. The first-order valence-corrected chi connectivity index (χ1v) is 6.95. The van der Waals surface area contributed by atoms with E-state index in [2.05, 4.69) is 5.32 Å². The fourth-order valence-electron chi connectivity index (χ4n) is 1.95. The maximum Gasteiger partial charge on any atom is 0.262 e. The Morgan fingerprint density at radius 3 is 2.67 bits per heavy atom. The molecule has 0 fully saturated rings. The molecule has 0 saturated heterocycles. The number of ether oxygens (including phenoxy) is 1. The molecule has 0 aliphatic carbocycles. The van der Waals surface area contributed by atoms with Crippen molar-refractivity contribution in [1.82, 2.24) is 0 Å². The second-order valence-corrected chi connectivity index (χ2v) is 4.68. The van der Waals surface area contributed by atoms with Gasteiger partial charge in [-0.05, 0) is 42.7 Å². The number of carbonyl (C=O) groups is 1. The van der Waals surface area contributed by atoms with Crippen molar-refractivity contribution in [3.05, 3.63) is 60.2 Å². The molecule has 110 valence electrons. The summed E-state index contributed by atoms with van der Waals surface area (Å²) in [6.07, 6.45) is 1.51. The molecule has 0 spiro atoms. The molecule has 2 aromatic rings. The Kier molecular flexibility index (Phi) is 5.79. The minimum absolute atomic E-state index is 0.0229. The average molecular weight is 285 g/mol. The molecule has 0 unspecified atom stereocenters. The lowest BCUT2D eigenvalue weighted by Crippen LogP contribution is -2.20. The summed E-state index contributed by atoms with van der Waals surface area (Å²) < 4.78 is 5.39. The van der Waals surface area contributed by atoms with Crippen molar-refractivity contribution >= 4 is 11.6 Å². The van der Waals surface area contributed by atoms with Crippen LogP contribution in [0.3, 0.4) is 0 Å². The molecule has 0 atom stereocenters. The number of anilines is 1. The number of aliphatic hydroxyl groups is 1. The molecule has 0 aliphatic rings. The van der Waals surface area contributed by atoms with Crippen LogP contribution in [-0.2, 0) is 11.2 Å². The summed E-state index contributed by atoms with van der Waals surface area (Å²) in [6.45, 7) is 0.145. The zero-order valence-electron chi connectivity index (χ0n) is 11.8. The molecule has 0 aliphatic heterocycles. The van der Waals surface area contributed by atoms with Crippen LogP contribution in [0.15, 0.2) is 54.6 Å². The Hall–Kier alpha value is -2.33. The number of aliphatic hydroxyl groups excluding tert-OH is 1. The van der Waals surface area contributed by atoms with Gasteiger partial charge in [0.2, 0.25) is 0 Å². The van der Waals surface area contributed by atoms with E-state index in [-0.39, 0.29) is 19.1 Å². The molecule has 1 amide bonds. The molecule has 21 heavy (non-hydrogen) atoms. The van der Waals surface area contributed by atoms with Gasteiger partial charge in [0.15, 0.2) is 6.61 Å². The number of hydrogen-bond acceptors (Lipinski definition) is 3. The predicted molar refractivity (Wildman–Crippen MR) is 82.4 cm³/mol. The van der Waals surface area contributed by atoms with E-state index in [1.165, 1.54) is 0 Å². The summed E-state index contributed by atoms with van der Waals surface area (Å²) in [5, 5.41) is 11.6. The van der Waals surface area contributed by atoms with Gasteiger partial charge in [0.25, 0.3) is 5.91 Å². The van der Waals surface area contributed by atoms with Gasteiger partial charge in [-0.3, -0.25) is 4.79 Å².